The van der Waals surface area contributed by atoms with Crippen molar-refractivity contribution in [1.82, 2.24) is 0 Å². The summed E-state index contributed by atoms with van der Waals surface area (Å²) in [5.41, 5.74) is 0. The Bertz CT molecular complexity index is 250. The van der Waals surface area contributed by atoms with E-state index in [4.69, 9.17) is 4.74 Å². The molecule has 0 aromatic carbocycles. The SMILES string of the molecule is CCCC[C@@H](C)C[C@H](C)CCC[C@H](C)[C@@H](C)OC(C)=O. The average Bonchev–Trinajstić information content (AvgIpc) is 2.35. The molecular formula is C18H36O2. The summed E-state index contributed by atoms with van der Waals surface area (Å²) >= 11 is 0. The Kier molecular flexibility index (Phi) is 10.9. The van der Waals surface area contributed by atoms with E-state index >= 15 is 0 Å². The van der Waals surface area contributed by atoms with E-state index in [1.165, 1.54) is 45.4 Å². The van der Waals surface area contributed by atoms with Gasteiger partial charge in [0.1, 0.15) is 6.10 Å². The fourth-order valence-electron chi connectivity index (χ4n) is 2.88. The molecule has 0 aliphatic rings. The molecule has 0 aromatic heterocycles. The first-order valence-corrected chi connectivity index (χ1v) is 8.54. The minimum absolute atomic E-state index is 0.0475. The lowest BCUT2D eigenvalue weighted by atomic mass is 9.88. The topological polar surface area (TPSA) is 26.3 Å². The maximum atomic E-state index is 10.9. The van der Waals surface area contributed by atoms with Gasteiger partial charge in [0.2, 0.25) is 0 Å². The third-order valence-electron chi connectivity index (χ3n) is 4.36. The molecule has 20 heavy (non-hydrogen) atoms. The van der Waals surface area contributed by atoms with Crippen LogP contribution in [0.2, 0.25) is 0 Å². The van der Waals surface area contributed by atoms with Crippen LogP contribution in [0.4, 0.5) is 0 Å². The van der Waals surface area contributed by atoms with Gasteiger partial charge in [-0.3, -0.25) is 4.79 Å². The molecule has 0 aliphatic carbocycles. The lowest BCUT2D eigenvalue weighted by Gasteiger charge is -2.21. The summed E-state index contributed by atoms with van der Waals surface area (Å²) in [4.78, 5) is 10.9. The molecule has 2 nitrogen and oxygen atoms in total. The number of esters is 1. The predicted octanol–water partition coefficient (Wildman–Crippen LogP) is 5.60. The first-order valence-electron chi connectivity index (χ1n) is 8.54. The van der Waals surface area contributed by atoms with Crippen LogP contribution in [0.15, 0.2) is 0 Å². The summed E-state index contributed by atoms with van der Waals surface area (Å²) in [7, 11) is 0. The largest absolute Gasteiger partial charge is 0.463 e. The Morgan fingerprint density at radius 3 is 2.00 bits per heavy atom. The molecule has 0 rings (SSSR count). The monoisotopic (exact) mass is 284 g/mol. The zero-order valence-corrected chi connectivity index (χ0v) is 14.6. The van der Waals surface area contributed by atoms with Gasteiger partial charge in [-0.05, 0) is 37.5 Å². The minimum Gasteiger partial charge on any atom is -0.463 e. The van der Waals surface area contributed by atoms with Gasteiger partial charge in [-0.25, -0.2) is 0 Å². The smallest absolute Gasteiger partial charge is 0.302 e. The number of ether oxygens (including phenoxy) is 1. The second kappa shape index (κ2) is 11.2. The van der Waals surface area contributed by atoms with Gasteiger partial charge < -0.3 is 4.74 Å². The number of rotatable bonds is 11. The van der Waals surface area contributed by atoms with Crippen molar-refractivity contribution in [3.8, 4) is 0 Å². The summed E-state index contributed by atoms with van der Waals surface area (Å²) in [6.45, 7) is 12.7. The molecule has 0 unspecified atom stereocenters. The fourth-order valence-corrected chi connectivity index (χ4v) is 2.88. The van der Waals surface area contributed by atoms with E-state index in [-0.39, 0.29) is 12.1 Å². The van der Waals surface area contributed by atoms with E-state index in [0.717, 1.165) is 18.3 Å². The molecule has 0 N–H and O–H groups in total. The number of unbranched alkanes of at least 4 members (excludes halogenated alkanes) is 1. The van der Waals surface area contributed by atoms with Gasteiger partial charge in [0.25, 0.3) is 0 Å². The van der Waals surface area contributed by atoms with Crippen molar-refractivity contribution in [1.29, 1.82) is 0 Å². The molecule has 0 aliphatic heterocycles. The molecule has 0 bridgehead atoms. The first-order chi connectivity index (χ1) is 9.36. The van der Waals surface area contributed by atoms with Crippen LogP contribution in [0.25, 0.3) is 0 Å². The zero-order valence-electron chi connectivity index (χ0n) is 14.6. The molecule has 2 heteroatoms. The normalized spacial score (nSPS) is 17.3. The van der Waals surface area contributed by atoms with Gasteiger partial charge >= 0.3 is 5.97 Å². The van der Waals surface area contributed by atoms with Crippen LogP contribution in [-0.2, 0) is 9.53 Å². The van der Waals surface area contributed by atoms with Gasteiger partial charge in [0.05, 0.1) is 0 Å². The average molecular weight is 284 g/mol. The van der Waals surface area contributed by atoms with Crippen molar-refractivity contribution in [2.24, 2.45) is 17.8 Å². The summed E-state index contributed by atoms with van der Waals surface area (Å²) in [5, 5.41) is 0. The van der Waals surface area contributed by atoms with Gasteiger partial charge in [-0.15, -0.1) is 0 Å². The quantitative estimate of drug-likeness (QED) is 0.462. The highest BCUT2D eigenvalue weighted by atomic mass is 16.5. The van der Waals surface area contributed by atoms with Gasteiger partial charge in [-0.1, -0.05) is 59.8 Å². The molecule has 120 valence electrons. The Balaban J connectivity index is 3.74. The summed E-state index contributed by atoms with van der Waals surface area (Å²) in [6.07, 6.45) is 9.15. The molecule has 0 radical (unpaired) electrons. The Labute approximate surface area is 126 Å². The Hall–Kier alpha value is -0.530. The molecule has 0 spiro atoms. The highest BCUT2D eigenvalue weighted by Crippen LogP contribution is 2.23. The molecule has 0 saturated carbocycles. The molecule has 4 atom stereocenters. The summed E-state index contributed by atoms with van der Waals surface area (Å²) in [5.74, 6) is 1.98. The Morgan fingerprint density at radius 1 is 0.950 bits per heavy atom. The number of hydrogen-bond donors (Lipinski definition) is 0. The van der Waals surface area contributed by atoms with Crippen molar-refractivity contribution >= 4 is 5.97 Å². The van der Waals surface area contributed by atoms with Gasteiger partial charge in [0.15, 0.2) is 0 Å². The van der Waals surface area contributed by atoms with Crippen molar-refractivity contribution < 1.29 is 9.53 Å². The van der Waals surface area contributed by atoms with E-state index in [1.807, 2.05) is 6.92 Å². The number of carbonyl (C=O) groups excluding carboxylic acids is 1. The van der Waals surface area contributed by atoms with E-state index in [9.17, 15) is 4.79 Å². The maximum absolute atomic E-state index is 10.9. The fraction of sp³-hybridized carbons (Fsp3) is 0.944. The van der Waals surface area contributed by atoms with Gasteiger partial charge in [0, 0.05) is 6.92 Å². The maximum Gasteiger partial charge on any atom is 0.302 e. The van der Waals surface area contributed by atoms with E-state index in [0.29, 0.717) is 5.92 Å². The minimum atomic E-state index is -0.164. The molecular weight excluding hydrogens is 248 g/mol. The van der Waals surface area contributed by atoms with Gasteiger partial charge in [-0.2, -0.15) is 0 Å². The van der Waals surface area contributed by atoms with Crippen molar-refractivity contribution in [3.05, 3.63) is 0 Å². The van der Waals surface area contributed by atoms with E-state index < -0.39 is 0 Å². The van der Waals surface area contributed by atoms with E-state index in [2.05, 4.69) is 27.7 Å². The highest BCUT2D eigenvalue weighted by molar-refractivity contribution is 5.66. The lowest BCUT2D eigenvalue weighted by Crippen LogP contribution is -2.20. The summed E-state index contributed by atoms with van der Waals surface area (Å²) < 4.78 is 5.24. The molecule has 0 fully saturated rings. The number of hydrogen-bond acceptors (Lipinski definition) is 2. The van der Waals surface area contributed by atoms with E-state index in [1.54, 1.807) is 0 Å². The molecule has 0 amide bonds. The van der Waals surface area contributed by atoms with Crippen LogP contribution in [0.3, 0.4) is 0 Å². The number of carbonyl (C=O) groups is 1. The Morgan fingerprint density at radius 2 is 1.50 bits per heavy atom. The third-order valence-corrected chi connectivity index (χ3v) is 4.36. The molecule has 0 aromatic rings. The van der Waals surface area contributed by atoms with Crippen LogP contribution >= 0.6 is 0 Å². The highest BCUT2D eigenvalue weighted by Gasteiger charge is 2.15. The van der Waals surface area contributed by atoms with Crippen LogP contribution in [0, 0.1) is 17.8 Å². The summed E-state index contributed by atoms with van der Waals surface area (Å²) in [6, 6.07) is 0. The molecule has 0 heterocycles. The third kappa shape index (κ3) is 10.3. The van der Waals surface area contributed by atoms with Crippen molar-refractivity contribution in [3.63, 3.8) is 0 Å². The van der Waals surface area contributed by atoms with Crippen molar-refractivity contribution in [2.75, 3.05) is 0 Å². The van der Waals surface area contributed by atoms with Crippen LogP contribution in [0.5, 0.6) is 0 Å². The molecule has 0 saturated heterocycles. The first kappa shape index (κ1) is 19.5. The van der Waals surface area contributed by atoms with Crippen LogP contribution in [0.1, 0.15) is 86.5 Å². The second-order valence-corrected chi connectivity index (χ2v) is 6.81. The zero-order chi connectivity index (χ0) is 15.5. The second-order valence-electron chi connectivity index (χ2n) is 6.81. The van der Waals surface area contributed by atoms with Crippen LogP contribution in [-0.4, -0.2) is 12.1 Å². The van der Waals surface area contributed by atoms with Crippen LogP contribution < -0.4 is 0 Å². The lowest BCUT2D eigenvalue weighted by molar-refractivity contribution is -0.147. The standard InChI is InChI=1S/C18H36O2/c1-7-8-10-14(2)13-15(3)11-9-12-16(4)17(5)20-18(6)19/h14-17H,7-13H2,1-6H3/t14-,15-,16+,17-/m1/s1. The van der Waals surface area contributed by atoms with Crippen molar-refractivity contribution in [2.45, 2.75) is 92.6 Å². The predicted molar refractivity (Wildman–Crippen MR) is 86.7 cm³/mol.